The van der Waals surface area contributed by atoms with Gasteiger partial charge in [-0.1, -0.05) is 251 Å². The van der Waals surface area contributed by atoms with Gasteiger partial charge >= 0.3 is 17.9 Å². The van der Waals surface area contributed by atoms with E-state index in [1.54, 1.807) is 0 Å². The fourth-order valence-electron chi connectivity index (χ4n) is 8.42. The van der Waals surface area contributed by atoms with Crippen LogP contribution in [0.25, 0.3) is 0 Å². The fourth-order valence-corrected chi connectivity index (χ4v) is 8.42. The van der Waals surface area contributed by atoms with E-state index in [0.29, 0.717) is 17.4 Å². The number of hydrogen-bond donors (Lipinski definition) is 1. The summed E-state index contributed by atoms with van der Waals surface area (Å²) in [5.74, 6) is -2.07. The van der Waals surface area contributed by atoms with Gasteiger partial charge < -0.3 is 28.5 Å². The maximum absolute atomic E-state index is 12.9. The van der Waals surface area contributed by atoms with Crippen LogP contribution in [0.4, 0.5) is 0 Å². The molecule has 0 aliphatic rings. The summed E-state index contributed by atoms with van der Waals surface area (Å²) < 4.78 is 22.9. The summed E-state index contributed by atoms with van der Waals surface area (Å²) in [6.45, 7) is 4.60. The van der Waals surface area contributed by atoms with Gasteiger partial charge in [-0.25, -0.2) is 4.79 Å². The van der Waals surface area contributed by atoms with Gasteiger partial charge in [-0.2, -0.15) is 0 Å². The highest BCUT2D eigenvalue weighted by Crippen LogP contribution is 2.16. The van der Waals surface area contributed by atoms with Gasteiger partial charge in [0.25, 0.3) is 6.29 Å². The minimum absolute atomic E-state index is 0.174. The van der Waals surface area contributed by atoms with Crippen LogP contribution in [0.3, 0.4) is 0 Å². The summed E-state index contributed by atoms with van der Waals surface area (Å²) in [6, 6.07) is 0. The molecule has 0 fully saturated rings. The number of quaternary nitrogens is 1. The number of hydrogen-bond acceptors (Lipinski definition) is 7. The number of esters is 2. The summed E-state index contributed by atoms with van der Waals surface area (Å²) >= 11 is 0. The Morgan fingerprint density at radius 1 is 0.380 bits per heavy atom. The highest BCUT2D eigenvalue weighted by Gasteiger charge is 2.25. The number of rotatable bonds is 57. The second kappa shape index (κ2) is 59.8. The van der Waals surface area contributed by atoms with Gasteiger partial charge in [0, 0.05) is 12.8 Å². The quantitative estimate of drug-likeness (QED) is 0.0211. The van der Waals surface area contributed by atoms with Crippen molar-refractivity contribution in [1.82, 2.24) is 0 Å². The molecule has 0 saturated carbocycles. The Labute approximate surface area is 485 Å². The highest BCUT2D eigenvalue weighted by molar-refractivity contribution is 5.71. The molecule has 0 heterocycles. The molecule has 0 aliphatic carbocycles. The second-order valence-electron chi connectivity index (χ2n) is 22.0. The lowest BCUT2D eigenvalue weighted by Gasteiger charge is -2.25. The number of carboxylic acids is 1. The first-order chi connectivity index (χ1) is 38.6. The monoisotopic (exact) mass is 1100 g/mol. The SMILES string of the molecule is CC/C=C\C/C=C\C/C=C\C/C=C\C/C=C\C/C=C\CCCCC(=O)OC(COC(=O)CCCCCCCCCCCCCCCCCCCCCC/C=C\C/C=C\C/C=C\C/C=C\CC)COC(OCC[N+](C)(C)C)C(=O)O. The summed E-state index contributed by atoms with van der Waals surface area (Å²) in [4.78, 5) is 37.5. The van der Waals surface area contributed by atoms with Crippen LogP contribution in [0, 0.1) is 0 Å². The molecule has 9 heteroatoms. The molecule has 0 radical (unpaired) electrons. The van der Waals surface area contributed by atoms with E-state index in [9.17, 15) is 19.5 Å². The minimum Gasteiger partial charge on any atom is -0.477 e. The van der Waals surface area contributed by atoms with Gasteiger partial charge in [0.2, 0.25) is 0 Å². The van der Waals surface area contributed by atoms with Crippen LogP contribution in [-0.4, -0.2) is 87.4 Å². The molecule has 0 aliphatic heterocycles. The number of aliphatic carboxylic acids is 1. The third kappa shape index (κ3) is 61.2. The van der Waals surface area contributed by atoms with Crippen molar-refractivity contribution in [2.45, 2.75) is 257 Å². The van der Waals surface area contributed by atoms with E-state index in [0.717, 1.165) is 96.3 Å². The summed E-state index contributed by atoms with van der Waals surface area (Å²) in [6.07, 6.45) is 81.6. The first-order valence-corrected chi connectivity index (χ1v) is 31.7. The Bertz CT molecular complexity index is 1710. The molecule has 450 valence electrons. The van der Waals surface area contributed by atoms with Crippen molar-refractivity contribution in [1.29, 1.82) is 0 Å². The van der Waals surface area contributed by atoms with Crippen LogP contribution >= 0.6 is 0 Å². The molecule has 2 unspecified atom stereocenters. The highest BCUT2D eigenvalue weighted by atomic mass is 16.7. The van der Waals surface area contributed by atoms with Crippen molar-refractivity contribution >= 4 is 17.9 Å². The van der Waals surface area contributed by atoms with Crippen LogP contribution in [0.1, 0.15) is 245 Å². The normalized spacial score (nSPS) is 13.6. The van der Waals surface area contributed by atoms with Gasteiger partial charge in [-0.15, -0.1) is 0 Å². The molecule has 0 spiro atoms. The smallest absolute Gasteiger partial charge is 0.361 e. The van der Waals surface area contributed by atoms with E-state index in [1.165, 1.54) is 116 Å². The molecule has 0 bridgehead atoms. The fraction of sp³-hybridized carbons (Fsp3) is 0.671. The Kier molecular flexibility index (Phi) is 56.5. The van der Waals surface area contributed by atoms with Crippen molar-refractivity contribution in [3.63, 3.8) is 0 Å². The lowest BCUT2D eigenvalue weighted by Crippen LogP contribution is -2.40. The zero-order valence-corrected chi connectivity index (χ0v) is 51.2. The van der Waals surface area contributed by atoms with Crippen molar-refractivity contribution in [2.24, 2.45) is 0 Å². The van der Waals surface area contributed by atoms with Crippen molar-refractivity contribution < 1.29 is 42.9 Å². The van der Waals surface area contributed by atoms with E-state index in [2.05, 4.69) is 135 Å². The van der Waals surface area contributed by atoms with Crippen molar-refractivity contribution in [3.8, 4) is 0 Å². The minimum atomic E-state index is -1.53. The standard InChI is InChI=1S/C70H117NO8/c1-6-8-10-12-14-16-18-20-22-24-26-28-29-30-31-32-33-34-35-36-37-38-39-41-42-44-46-48-50-52-54-56-58-60-67(72)77-64-66(65-78-70(69(74)75)76-63-62-71(3,4)5)79-68(73)61-59-57-55-53-51-49-47-45-43-40-27-25-23-21-19-17-15-13-11-9-7-2/h8-11,14-17,20-23,26-28,40,45,47,51,53,66,70H,6-7,12-13,18-19,24-25,29-39,41-44,46,48-50,52,54-65H2,1-5H3/p+1/b10-8-,11-9-,16-14-,17-15-,22-20-,23-21-,28-26-,40-27-,47-45-,53-51-. The van der Waals surface area contributed by atoms with Crippen molar-refractivity contribution in [3.05, 3.63) is 122 Å². The number of unbranched alkanes of at least 4 members (excludes halogenated alkanes) is 22. The molecule has 0 aromatic heterocycles. The molecule has 0 aromatic rings. The predicted molar refractivity (Wildman–Crippen MR) is 336 cm³/mol. The Hall–Kier alpha value is -4.31. The predicted octanol–water partition coefficient (Wildman–Crippen LogP) is 19.2. The molecule has 2 atom stereocenters. The number of allylic oxidation sites excluding steroid dienone is 20. The van der Waals surface area contributed by atoms with Gasteiger partial charge in [0.1, 0.15) is 13.2 Å². The first-order valence-electron chi connectivity index (χ1n) is 31.7. The molecule has 0 rings (SSSR count). The van der Waals surface area contributed by atoms with Crippen LogP contribution in [-0.2, 0) is 33.3 Å². The van der Waals surface area contributed by atoms with Gasteiger partial charge in [-0.05, 0) is 103 Å². The molecule has 9 nitrogen and oxygen atoms in total. The summed E-state index contributed by atoms with van der Waals surface area (Å²) in [7, 11) is 5.95. The van der Waals surface area contributed by atoms with Gasteiger partial charge in [-0.3, -0.25) is 9.59 Å². The van der Waals surface area contributed by atoms with Crippen LogP contribution in [0.15, 0.2) is 122 Å². The van der Waals surface area contributed by atoms with Gasteiger partial charge in [0.05, 0.1) is 34.4 Å². The average Bonchev–Trinajstić information content (AvgIpc) is 3.42. The average molecular weight is 1100 g/mol. The molecular formula is C70H118NO8+. The second-order valence-corrected chi connectivity index (χ2v) is 22.0. The van der Waals surface area contributed by atoms with E-state index in [4.69, 9.17) is 18.9 Å². The largest absolute Gasteiger partial charge is 0.477 e. The zero-order valence-electron chi connectivity index (χ0n) is 51.2. The van der Waals surface area contributed by atoms with Crippen molar-refractivity contribution in [2.75, 3.05) is 47.5 Å². The third-order valence-corrected chi connectivity index (χ3v) is 13.2. The summed E-state index contributed by atoms with van der Waals surface area (Å²) in [5.41, 5.74) is 0. The molecule has 0 amide bonds. The molecule has 79 heavy (non-hydrogen) atoms. The number of carbonyl (C=O) groups is 3. The van der Waals surface area contributed by atoms with E-state index >= 15 is 0 Å². The number of carbonyl (C=O) groups excluding carboxylic acids is 2. The molecule has 0 saturated heterocycles. The lowest BCUT2D eigenvalue weighted by atomic mass is 10.0. The topological polar surface area (TPSA) is 108 Å². The van der Waals surface area contributed by atoms with E-state index in [-0.39, 0.29) is 38.6 Å². The number of ether oxygens (including phenoxy) is 4. The molecule has 0 aromatic carbocycles. The van der Waals surface area contributed by atoms with Crippen LogP contribution < -0.4 is 0 Å². The lowest BCUT2D eigenvalue weighted by molar-refractivity contribution is -0.870. The number of carboxylic acid groups (broad SMARTS) is 1. The number of likely N-dealkylation sites (N-methyl/N-ethyl adjacent to an activating group) is 1. The Balaban J connectivity index is 4.17. The third-order valence-electron chi connectivity index (χ3n) is 13.2. The van der Waals surface area contributed by atoms with E-state index < -0.39 is 24.3 Å². The maximum atomic E-state index is 12.9. The molecule has 1 N–H and O–H groups in total. The summed E-state index contributed by atoms with van der Waals surface area (Å²) in [5, 5.41) is 9.72. The maximum Gasteiger partial charge on any atom is 0.361 e. The first kappa shape index (κ1) is 74.7. The van der Waals surface area contributed by atoms with Gasteiger partial charge in [0.15, 0.2) is 6.10 Å². The van der Waals surface area contributed by atoms with Crippen LogP contribution in [0.5, 0.6) is 0 Å². The Morgan fingerprint density at radius 2 is 0.684 bits per heavy atom. The van der Waals surface area contributed by atoms with E-state index in [1.807, 2.05) is 21.1 Å². The zero-order chi connectivity index (χ0) is 57.6. The van der Waals surface area contributed by atoms with Crippen LogP contribution in [0.2, 0.25) is 0 Å². The number of nitrogens with zero attached hydrogens (tertiary/aromatic N) is 1. The molecular weight excluding hydrogens is 983 g/mol. The Morgan fingerprint density at radius 3 is 1.04 bits per heavy atom.